The molecule has 106 valence electrons. The topological polar surface area (TPSA) is 29.3 Å². The molecule has 0 saturated heterocycles. The van der Waals surface area contributed by atoms with Gasteiger partial charge in [0.25, 0.3) is 0 Å². The van der Waals surface area contributed by atoms with Gasteiger partial charge < -0.3 is 10.6 Å². The van der Waals surface area contributed by atoms with Crippen molar-refractivity contribution >= 4 is 27.3 Å². The summed E-state index contributed by atoms with van der Waals surface area (Å²) in [6, 6.07) is 12.7. The van der Waals surface area contributed by atoms with Gasteiger partial charge in [0, 0.05) is 22.4 Å². The Balaban J connectivity index is 2.43. The fourth-order valence-electron chi connectivity index (χ4n) is 2.29. The Morgan fingerprint density at radius 1 is 1.15 bits per heavy atom. The summed E-state index contributed by atoms with van der Waals surface area (Å²) in [5.41, 5.74) is 8.98. The largest absolute Gasteiger partial charge is 0.342 e. The number of hydrogen-bond acceptors (Lipinski definition) is 2. The third kappa shape index (κ3) is 3.38. The first kappa shape index (κ1) is 15.0. The van der Waals surface area contributed by atoms with Crippen molar-refractivity contribution in [2.45, 2.75) is 13.3 Å². The number of anilines is 2. The van der Waals surface area contributed by atoms with Crippen molar-refractivity contribution in [1.82, 2.24) is 0 Å². The van der Waals surface area contributed by atoms with E-state index in [9.17, 15) is 4.39 Å². The summed E-state index contributed by atoms with van der Waals surface area (Å²) in [6.45, 7) is 3.49. The summed E-state index contributed by atoms with van der Waals surface area (Å²) < 4.78 is 14.1. The van der Waals surface area contributed by atoms with Gasteiger partial charge in [-0.1, -0.05) is 15.9 Å². The van der Waals surface area contributed by atoms with E-state index in [1.807, 2.05) is 6.07 Å². The fourth-order valence-corrected chi connectivity index (χ4v) is 2.69. The molecule has 2 aromatic carbocycles. The summed E-state index contributed by atoms with van der Waals surface area (Å²) in [5, 5.41) is 0. The molecule has 0 heterocycles. The molecule has 0 atom stereocenters. The maximum Gasteiger partial charge on any atom is 0.123 e. The molecule has 0 aliphatic heterocycles. The van der Waals surface area contributed by atoms with Crippen LogP contribution in [0.4, 0.5) is 15.8 Å². The van der Waals surface area contributed by atoms with Gasteiger partial charge in [0.1, 0.15) is 5.82 Å². The molecule has 0 spiro atoms. The molecule has 2 rings (SSSR count). The summed E-state index contributed by atoms with van der Waals surface area (Å²) in [5.74, 6) is -0.220. The second kappa shape index (κ2) is 6.86. The third-order valence-electron chi connectivity index (χ3n) is 3.20. The normalized spacial score (nSPS) is 10.6. The van der Waals surface area contributed by atoms with Gasteiger partial charge in [0.2, 0.25) is 0 Å². The molecule has 4 heteroatoms. The first-order chi connectivity index (χ1) is 9.65. The molecule has 0 aromatic heterocycles. The van der Waals surface area contributed by atoms with E-state index in [1.165, 1.54) is 17.7 Å². The highest BCUT2D eigenvalue weighted by atomic mass is 79.9. The molecule has 20 heavy (non-hydrogen) atoms. The van der Waals surface area contributed by atoms with Crippen molar-refractivity contribution < 1.29 is 4.39 Å². The van der Waals surface area contributed by atoms with E-state index in [2.05, 4.69) is 39.9 Å². The fraction of sp³-hybridized carbons (Fsp3) is 0.250. The average molecular weight is 337 g/mol. The van der Waals surface area contributed by atoms with Crippen molar-refractivity contribution in [3.05, 3.63) is 58.3 Å². The Hall–Kier alpha value is -1.39. The minimum atomic E-state index is -0.220. The first-order valence-electron chi connectivity index (χ1n) is 6.67. The number of rotatable bonds is 5. The van der Waals surface area contributed by atoms with Gasteiger partial charge in [0.15, 0.2) is 0 Å². The van der Waals surface area contributed by atoms with E-state index in [1.54, 1.807) is 12.1 Å². The smallest absolute Gasteiger partial charge is 0.123 e. The van der Waals surface area contributed by atoms with Crippen LogP contribution in [0.5, 0.6) is 0 Å². The van der Waals surface area contributed by atoms with E-state index in [0.29, 0.717) is 6.54 Å². The van der Waals surface area contributed by atoms with E-state index in [-0.39, 0.29) is 5.82 Å². The van der Waals surface area contributed by atoms with Gasteiger partial charge in [0.05, 0.1) is 0 Å². The van der Waals surface area contributed by atoms with Crippen LogP contribution >= 0.6 is 15.9 Å². The number of hydrogen-bond donors (Lipinski definition) is 1. The molecule has 0 radical (unpaired) electrons. The van der Waals surface area contributed by atoms with Crippen LogP contribution in [-0.2, 0) is 6.42 Å². The minimum Gasteiger partial charge on any atom is -0.342 e. The zero-order valence-corrected chi connectivity index (χ0v) is 13.0. The number of nitrogens with zero attached hydrogens (tertiary/aromatic N) is 1. The molecule has 0 amide bonds. The maximum atomic E-state index is 13.1. The number of nitrogens with two attached hydrogens (primary N) is 1. The monoisotopic (exact) mass is 336 g/mol. The van der Waals surface area contributed by atoms with Crippen molar-refractivity contribution in [1.29, 1.82) is 0 Å². The number of benzene rings is 2. The van der Waals surface area contributed by atoms with Crippen LogP contribution in [0.1, 0.15) is 12.5 Å². The lowest BCUT2D eigenvalue weighted by molar-refractivity contribution is 0.628. The Morgan fingerprint density at radius 3 is 2.45 bits per heavy atom. The van der Waals surface area contributed by atoms with Crippen LogP contribution in [0.25, 0.3) is 0 Å². The molecular formula is C16H18BrFN2. The van der Waals surface area contributed by atoms with Gasteiger partial charge in [-0.2, -0.15) is 0 Å². The van der Waals surface area contributed by atoms with Gasteiger partial charge in [-0.3, -0.25) is 0 Å². The average Bonchev–Trinajstić information content (AvgIpc) is 2.44. The van der Waals surface area contributed by atoms with E-state index in [0.717, 1.165) is 28.8 Å². The maximum absolute atomic E-state index is 13.1. The van der Waals surface area contributed by atoms with Gasteiger partial charge >= 0.3 is 0 Å². The molecule has 0 aliphatic rings. The van der Waals surface area contributed by atoms with E-state index >= 15 is 0 Å². The first-order valence-corrected chi connectivity index (χ1v) is 7.46. The third-order valence-corrected chi connectivity index (χ3v) is 3.69. The molecule has 2 N–H and O–H groups in total. The lowest BCUT2D eigenvalue weighted by Gasteiger charge is -2.26. The predicted octanol–water partition coefficient (Wildman–Crippen LogP) is 4.25. The zero-order chi connectivity index (χ0) is 14.5. The van der Waals surface area contributed by atoms with Crippen LogP contribution in [0.2, 0.25) is 0 Å². The highest BCUT2D eigenvalue weighted by Gasteiger charge is 2.12. The van der Waals surface area contributed by atoms with Crippen LogP contribution in [0, 0.1) is 5.82 Å². The summed E-state index contributed by atoms with van der Waals surface area (Å²) in [6.07, 6.45) is 0.812. The standard InChI is InChI=1S/C16H18BrFN2/c1-2-20(15-6-4-14(18)5-7-15)16-8-3-13(17)11-12(16)9-10-19/h3-8,11H,2,9-10,19H2,1H3. The second-order valence-corrected chi connectivity index (χ2v) is 5.45. The zero-order valence-electron chi connectivity index (χ0n) is 11.4. The summed E-state index contributed by atoms with van der Waals surface area (Å²) >= 11 is 3.49. The van der Waals surface area contributed by atoms with E-state index < -0.39 is 0 Å². The summed E-state index contributed by atoms with van der Waals surface area (Å²) in [4.78, 5) is 2.16. The van der Waals surface area contributed by atoms with Crippen molar-refractivity contribution in [2.24, 2.45) is 5.73 Å². The number of halogens is 2. The molecule has 0 bridgehead atoms. The van der Waals surface area contributed by atoms with Gasteiger partial charge in [-0.25, -0.2) is 4.39 Å². The van der Waals surface area contributed by atoms with Crippen LogP contribution in [-0.4, -0.2) is 13.1 Å². The summed E-state index contributed by atoms with van der Waals surface area (Å²) in [7, 11) is 0. The van der Waals surface area contributed by atoms with Crippen LogP contribution in [0.15, 0.2) is 46.9 Å². The molecule has 0 saturated carbocycles. The molecule has 0 fully saturated rings. The molecule has 0 unspecified atom stereocenters. The van der Waals surface area contributed by atoms with Gasteiger partial charge in [-0.05, 0) is 67.9 Å². The SMILES string of the molecule is CCN(c1ccc(F)cc1)c1ccc(Br)cc1CCN. The molecule has 2 nitrogen and oxygen atoms in total. The predicted molar refractivity (Wildman–Crippen MR) is 86.0 cm³/mol. The Kier molecular flexibility index (Phi) is 5.15. The lowest BCUT2D eigenvalue weighted by Crippen LogP contribution is -2.18. The Bertz CT molecular complexity index is 569. The molecular weight excluding hydrogens is 319 g/mol. The quantitative estimate of drug-likeness (QED) is 0.884. The van der Waals surface area contributed by atoms with Crippen molar-refractivity contribution in [3.8, 4) is 0 Å². The Morgan fingerprint density at radius 2 is 1.85 bits per heavy atom. The van der Waals surface area contributed by atoms with Crippen LogP contribution < -0.4 is 10.6 Å². The molecule has 0 aliphatic carbocycles. The highest BCUT2D eigenvalue weighted by molar-refractivity contribution is 9.10. The van der Waals surface area contributed by atoms with Crippen LogP contribution in [0.3, 0.4) is 0 Å². The minimum absolute atomic E-state index is 0.220. The van der Waals surface area contributed by atoms with Gasteiger partial charge in [-0.15, -0.1) is 0 Å². The van der Waals surface area contributed by atoms with Crippen molar-refractivity contribution in [2.75, 3.05) is 18.0 Å². The van der Waals surface area contributed by atoms with Crippen molar-refractivity contribution in [3.63, 3.8) is 0 Å². The van der Waals surface area contributed by atoms with E-state index in [4.69, 9.17) is 5.73 Å². The highest BCUT2D eigenvalue weighted by Crippen LogP contribution is 2.30. The Labute approximate surface area is 127 Å². The lowest BCUT2D eigenvalue weighted by atomic mass is 10.1. The molecule has 2 aromatic rings. The second-order valence-electron chi connectivity index (χ2n) is 4.53.